The fourth-order valence-corrected chi connectivity index (χ4v) is 2.59. The first-order valence-electron chi connectivity index (χ1n) is 5.67. The first-order valence-corrected chi connectivity index (χ1v) is 7.49. The van der Waals surface area contributed by atoms with Gasteiger partial charge in [-0.2, -0.15) is 0 Å². The zero-order valence-electron chi connectivity index (χ0n) is 10.4. The highest BCUT2D eigenvalue weighted by Gasteiger charge is 2.10. The molecule has 0 aliphatic rings. The number of amides is 1. The molecule has 0 radical (unpaired) electrons. The van der Waals surface area contributed by atoms with Crippen molar-refractivity contribution in [1.82, 2.24) is 5.32 Å². The third kappa shape index (κ3) is 10.2. The molecule has 0 aliphatic carbocycles. The van der Waals surface area contributed by atoms with Crippen molar-refractivity contribution in [2.24, 2.45) is 0 Å². The summed E-state index contributed by atoms with van der Waals surface area (Å²) in [6.45, 7) is 1.42. The molecule has 0 spiro atoms. The Balaban J connectivity index is 3.56. The van der Waals surface area contributed by atoms with Crippen LogP contribution in [0.2, 0.25) is 0 Å². The van der Waals surface area contributed by atoms with E-state index in [1.807, 2.05) is 0 Å². The number of hydrogen-bond acceptors (Lipinski definition) is 6. The molecule has 0 saturated heterocycles. The Labute approximate surface area is 107 Å². The molecule has 18 heavy (non-hydrogen) atoms. The summed E-state index contributed by atoms with van der Waals surface area (Å²) < 4.78 is 22.7. The van der Waals surface area contributed by atoms with Crippen LogP contribution in [0, 0.1) is 0 Å². The second-order valence-electron chi connectivity index (χ2n) is 3.57. The summed E-state index contributed by atoms with van der Waals surface area (Å²) in [6.07, 6.45) is 1.49. The van der Waals surface area contributed by atoms with Crippen LogP contribution in [0.25, 0.3) is 0 Å². The van der Waals surface area contributed by atoms with Crippen molar-refractivity contribution in [2.75, 3.05) is 24.8 Å². The zero-order valence-corrected chi connectivity index (χ0v) is 11.2. The molecule has 0 aromatic heterocycles. The molecule has 0 fully saturated rings. The molecule has 0 saturated carbocycles. The minimum Gasteiger partial charge on any atom is -0.331 e. The van der Waals surface area contributed by atoms with E-state index in [2.05, 4.69) is 15.1 Å². The van der Waals surface area contributed by atoms with Crippen LogP contribution < -0.4 is 5.32 Å². The van der Waals surface area contributed by atoms with Crippen LogP contribution in [0.1, 0.15) is 26.2 Å². The lowest BCUT2D eigenvalue weighted by Crippen LogP contribution is -2.26. The fourth-order valence-electron chi connectivity index (χ4n) is 1.18. The third-order valence-electron chi connectivity index (χ3n) is 1.92. The quantitative estimate of drug-likeness (QED) is 0.185. The SMILES string of the molecule is CCCS(=O)(=O)CCCC(=O)NCOOCC=O. The maximum atomic E-state index is 11.3. The highest BCUT2D eigenvalue weighted by Crippen LogP contribution is 1.99. The van der Waals surface area contributed by atoms with Gasteiger partial charge < -0.3 is 10.1 Å². The van der Waals surface area contributed by atoms with Gasteiger partial charge in [-0.25, -0.2) is 18.2 Å². The van der Waals surface area contributed by atoms with Gasteiger partial charge in [-0.15, -0.1) is 0 Å². The van der Waals surface area contributed by atoms with Gasteiger partial charge in [0.15, 0.2) is 6.73 Å². The van der Waals surface area contributed by atoms with E-state index in [0.717, 1.165) is 0 Å². The minimum atomic E-state index is -3.03. The number of rotatable bonds is 11. The van der Waals surface area contributed by atoms with Gasteiger partial charge in [-0.1, -0.05) is 6.92 Å². The Morgan fingerprint density at radius 3 is 2.61 bits per heavy atom. The molecule has 0 bridgehead atoms. The smallest absolute Gasteiger partial charge is 0.221 e. The van der Waals surface area contributed by atoms with Crippen molar-refractivity contribution in [3.8, 4) is 0 Å². The fraction of sp³-hybridized carbons (Fsp3) is 0.800. The van der Waals surface area contributed by atoms with Gasteiger partial charge in [0.25, 0.3) is 0 Å². The maximum absolute atomic E-state index is 11.3. The zero-order chi connectivity index (χ0) is 13.9. The molecule has 8 heteroatoms. The summed E-state index contributed by atoms with van der Waals surface area (Å²) in [6, 6.07) is 0. The number of carbonyl (C=O) groups excluding carboxylic acids is 2. The van der Waals surface area contributed by atoms with Crippen LogP contribution in [0.4, 0.5) is 0 Å². The Kier molecular flexibility index (Phi) is 9.43. The lowest BCUT2D eigenvalue weighted by Gasteiger charge is -2.05. The van der Waals surface area contributed by atoms with Gasteiger partial charge in [0, 0.05) is 12.2 Å². The summed E-state index contributed by atoms with van der Waals surface area (Å²) in [5.41, 5.74) is 0. The second kappa shape index (κ2) is 9.98. The summed E-state index contributed by atoms with van der Waals surface area (Å²) in [5, 5.41) is 2.36. The molecule has 0 unspecified atom stereocenters. The van der Waals surface area contributed by atoms with Crippen LogP contribution in [-0.4, -0.2) is 45.5 Å². The molecule has 1 N–H and O–H groups in total. The third-order valence-corrected chi connectivity index (χ3v) is 3.86. The number of nitrogens with one attached hydrogen (secondary N) is 1. The average Bonchev–Trinajstić information content (AvgIpc) is 2.28. The Hall–Kier alpha value is -0.990. The van der Waals surface area contributed by atoms with E-state index < -0.39 is 9.84 Å². The van der Waals surface area contributed by atoms with Crippen LogP contribution in [0.5, 0.6) is 0 Å². The predicted molar refractivity (Wildman–Crippen MR) is 64.3 cm³/mol. The van der Waals surface area contributed by atoms with Gasteiger partial charge >= 0.3 is 0 Å². The van der Waals surface area contributed by atoms with Crippen molar-refractivity contribution >= 4 is 22.0 Å². The van der Waals surface area contributed by atoms with Crippen molar-refractivity contribution in [3.05, 3.63) is 0 Å². The predicted octanol–water partition coefficient (Wildman–Crippen LogP) is -0.188. The van der Waals surface area contributed by atoms with Gasteiger partial charge in [0.1, 0.15) is 22.7 Å². The van der Waals surface area contributed by atoms with E-state index >= 15 is 0 Å². The van der Waals surface area contributed by atoms with Crippen molar-refractivity contribution < 1.29 is 27.8 Å². The molecule has 0 aliphatic heterocycles. The minimum absolute atomic E-state index is 0.0107. The summed E-state index contributed by atoms with van der Waals surface area (Å²) in [5.74, 6) is -0.162. The maximum Gasteiger partial charge on any atom is 0.221 e. The Morgan fingerprint density at radius 2 is 2.00 bits per heavy atom. The number of aldehydes is 1. The van der Waals surface area contributed by atoms with Crippen molar-refractivity contribution in [3.63, 3.8) is 0 Å². The number of hydrogen-bond donors (Lipinski definition) is 1. The molecule has 0 aromatic rings. The molecular formula is C10H19NO6S. The molecule has 0 atom stereocenters. The van der Waals surface area contributed by atoms with E-state index in [1.54, 1.807) is 6.92 Å². The molecule has 106 valence electrons. The normalized spacial score (nSPS) is 11.2. The monoisotopic (exact) mass is 281 g/mol. The molecule has 0 aromatic carbocycles. The first kappa shape index (κ1) is 17.0. The van der Waals surface area contributed by atoms with Gasteiger partial charge in [-0.05, 0) is 12.8 Å². The van der Waals surface area contributed by atoms with Crippen molar-refractivity contribution in [1.29, 1.82) is 0 Å². The molecule has 1 amide bonds. The summed E-state index contributed by atoms with van der Waals surface area (Å²) in [4.78, 5) is 29.8. The average molecular weight is 281 g/mol. The van der Waals surface area contributed by atoms with Crippen LogP contribution >= 0.6 is 0 Å². The lowest BCUT2D eigenvalue weighted by atomic mass is 10.3. The van der Waals surface area contributed by atoms with E-state index in [0.29, 0.717) is 12.7 Å². The largest absolute Gasteiger partial charge is 0.331 e. The Bertz CT molecular complexity index is 340. The lowest BCUT2D eigenvalue weighted by molar-refractivity contribution is -0.289. The molecule has 0 heterocycles. The van der Waals surface area contributed by atoms with E-state index in [1.165, 1.54) is 0 Å². The van der Waals surface area contributed by atoms with E-state index in [9.17, 15) is 18.0 Å². The van der Waals surface area contributed by atoms with Crippen LogP contribution in [-0.2, 0) is 29.2 Å². The van der Waals surface area contributed by atoms with Crippen molar-refractivity contribution in [2.45, 2.75) is 26.2 Å². The molecular weight excluding hydrogens is 262 g/mol. The van der Waals surface area contributed by atoms with E-state index in [-0.39, 0.29) is 43.6 Å². The second-order valence-corrected chi connectivity index (χ2v) is 5.87. The van der Waals surface area contributed by atoms with Crippen LogP contribution in [0.15, 0.2) is 0 Å². The van der Waals surface area contributed by atoms with E-state index in [4.69, 9.17) is 0 Å². The Morgan fingerprint density at radius 1 is 1.28 bits per heavy atom. The van der Waals surface area contributed by atoms with Gasteiger partial charge in [0.2, 0.25) is 5.91 Å². The highest BCUT2D eigenvalue weighted by atomic mass is 32.2. The number of sulfone groups is 1. The number of carbonyl (C=O) groups is 2. The summed E-state index contributed by atoms with van der Waals surface area (Å²) in [7, 11) is -3.03. The summed E-state index contributed by atoms with van der Waals surface area (Å²) >= 11 is 0. The highest BCUT2D eigenvalue weighted by molar-refractivity contribution is 7.91. The van der Waals surface area contributed by atoms with Gasteiger partial charge in [-0.3, -0.25) is 4.79 Å². The molecule has 7 nitrogen and oxygen atoms in total. The standard InChI is InChI=1S/C10H19NO6S/c1-2-7-18(14,15)8-3-4-10(13)11-9-17-16-6-5-12/h5H,2-4,6-9H2,1H3,(H,11,13). The van der Waals surface area contributed by atoms with Crippen LogP contribution in [0.3, 0.4) is 0 Å². The first-order chi connectivity index (χ1) is 8.52. The molecule has 0 rings (SSSR count). The van der Waals surface area contributed by atoms with Gasteiger partial charge in [0.05, 0.1) is 5.75 Å². The topological polar surface area (TPSA) is 98.8 Å².